The van der Waals surface area contributed by atoms with Gasteiger partial charge in [-0.05, 0) is 53.4 Å². The zero-order valence-electron chi connectivity index (χ0n) is 25.8. The van der Waals surface area contributed by atoms with Gasteiger partial charge in [0.1, 0.15) is 11.4 Å². The first-order valence-corrected chi connectivity index (χ1v) is 16.0. The Morgan fingerprint density at radius 3 is 1.82 bits per heavy atom. The number of amides is 1. The molecule has 0 aromatic rings. The number of carbonyl (C=O) groups excluding carboxylic acids is 3. The topological polar surface area (TPSA) is 98.8 Å². The van der Waals surface area contributed by atoms with E-state index in [9.17, 15) is 19.5 Å². The molecule has 1 N–H and O–H groups in total. The second-order valence-electron chi connectivity index (χ2n) is 11.4. The fourth-order valence-corrected chi connectivity index (χ4v) is 7.04. The number of hydrogen-bond acceptors (Lipinski definition) is 7. The molecule has 0 saturated carbocycles. The number of unbranched alkanes of at least 4 members (excludes halogenated alkanes) is 4. The highest BCUT2D eigenvalue weighted by molar-refractivity contribution is 8.01. The Balaban J connectivity index is 0.000000406. The number of quaternary nitrogens is 1. The number of rotatable bonds is 17. The number of fused-ring (bicyclic) bond motifs is 1. The van der Waals surface area contributed by atoms with Gasteiger partial charge in [0.2, 0.25) is 5.91 Å². The molecule has 1 amide bonds. The van der Waals surface area contributed by atoms with Crippen molar-refractivity contribution in [2.75, 3.05) is 32.8 Å². The van der Waals surface area contributed by atoms with Crippen molar-refractivity contribution < 1.29 is 28.7 Å². The highest BCUT2D eigenvalue weighted by Crippen LogP contribution is 2.50. The van der Waals surface area contributed by atoms with Gasteiger partial charge in [0, 0.05) is 16.5 Å². The van der Waals surface area contributed by atoms with Crippen molar-refractivity contribution >= 4 is 29.6 Å². The molecule has 2 aliphatic heterocycles. The molecule has 2 rings (SSSR count). The van der Waals surface area contributed by atoms with E-state index in [4.69, 9.17) is 4.74 Å². The Labute approximate surface area is 241 Å². The molecule has 2 saturated heterocycles. The molecule has 0 aromatic heterocycles. The number of thioether (sulfide) groups is 1. The molecule has 8 nitrogen and oxygen atoms in total. The molecular formula is C30H55N3O5S. The normalized spacial score (nSPS) is 21.9. The quantitative estimate of drug-likeness (QED) is 0.121. The summed E-state index contributed by atoms with van der Waals surface area (Å²) in [5.41, 5.74) is 0.506. The minimum Gasteiger partial charge on any atom is -0.548 e. The largest absolute Gasteiger partial charge is 0.548 e. The Morgan fingerprint density at radius 2 is 1.44 bits per heavy atom. The molecule has 0 aromatic carbocycles. The van der Waals surface area contributed by atoms with Crippen molar-refractivity contribution in [2.45, 2.75) is 129 Å². The third-order valence-electron chi connectivity index (χ3n) is 7.61. The summed E-state index contributed by atoms with van der Waals surface area (Å²) < 4.78 is 5.60. The number of carbonyl (C=O) groups is 3. The second-order valence-corrected chi connectivity index (χ2v) is 13.2. The van der Waals surface area contributed by atoms with Crippen molar-refractivity contribution in [2.24, 2.45) is 0 Å². The summed E-state index contributed by atoms with van der Waals surface area (Å²) in [5, 5.41) is 14.0. The number of aliphatic carboxylic acids is 1. The van der Waals surface area contributed by atoms with E-state index < -0.39 is 28.8 Å². The zero-order chi connectivity index (χ0) is 29.6. The van der Waals surface area contributed by atoms with E-state index in [1.54, 1.807) is 27.7 Å². The van der Waals surface area contributed by atoms with E-state index >= 15 is 0 Å². The van der Waals surface area contributed by atoms with Crippen LogP contribution in [0.1, 0.15) is 107 Å². The van der Waals surface area contributed by atoms with Gasteiger partial charge in [-0.2, -0.15) is 0 Å². The summed E-state index contributed by atoms with van der Waals surface area (Å²) in [6, 6.07) is -1.48. The predicted octanol–water partition coefficient (Wildman–Crippen LogP) is 4.23. The summed E-state index contributed by atoms with van der Waals surface area (Å²) >= 11 is 1.42. The van der Waals surface area contributed by atoms with Crippen LogP contribution in [0.4, 0.5) is 0 Å². The summed E-state index contributed by atoms with van der Waals surface area (Å²) in [6.07, 6.45) is 12.3. The maximum absolute atomic E-state index is 12.2. The van der Waals surface area contributed by atoms with Crippen LogP contribution in [0, 0.1) is 0 Å². The summed E-state index contributed by atoms with van der Waals surface area (Å²) in [6.45, 7) is 22.2. The number of allylic oxidation sites excluding steroid dienone is 1. The predicted molar refractivity (Wildman–Crippen MR) is 158 cm³/mol. The standard InChI is InChI=1S/C16H36N.C14H20N2O5S/c1-5-9-13-17(14-10-6-2,15-11-7-3)16-12-8-4;1-5-21-8(17)6-7(2)15-9-11(18)16-10(13(19)20)14(3,4)22-12(9)16/h5-16H2,1-4H3;6,9-10,12,15H,5H2,1-4H3,(H,19,20)/q+1;/p-1/t;9-,10+,12-/m.1/s1. The van der Waals surface area contributed by atoms with E-state index in [0.717, 1.165) is 0 Å². The molecule has 0 radical (unpaired) electrons. The third-order valence-corrected chi connectivity index (χ3v) is 9.18. The highest BCUT2D eigenvalue weighted by atomic mass is 32.2. The maximum atomic E-state index is 12.2. The summed E-state index contributed by atoms with van der Waals surface area (Å²) in [5.74, 6) is -2.03. The van der Waals surface area contributed by atoms with Gasteiger partial charge in [0.25, 0.3) is 0 Å². The first kappa shape index (κ1) is 35.3. The van der Waals surface area contributed by atoms with Crippen LogP contribution in [-0.4, -0.2) is 82.2 Å². The molecule has 2 aliphatic rings. The first-order valence-electron chi connectivity index (χ1n) is 15.1. The summed E-state index contributed by atoms with van der Waals surface area (Å²) in [7, 11) is 0. The molecular weight excluding hydrogens is 514 g/mol. The molecule has 9 heteroatoms. The van der Waals surface area contributed by atoms with E-state index in [1.165, 1.54) is 105 Å². The molecule has 39 heavy (non-hydrogen) atoms. The molecule has 3 atom stereocenters. The third kappa shape index (κ3) is 10.3. The monoisotopic (exact) mass is 569 g/mol. The van der Waals surface area contributed by atoms with Crippen LogP contribution in [-0.2, 0) is 19.1 Å². The maximum Gasteiger partial charge on any atom is 0.332 e. The Kier molecular flexibility index (Phi) is 15.5. The van der Waals surface area contributed by atoms with Crippen molar-refractivity contribution in [3.05, 3.63) is 11.8 Å². The lowest BCUT2D eigenvalue weighted by molar-refractivity contribution is -0.929. The van der Waals surface area contributed by atoms with Gasteiger partial charge in [-0.1, -0.05) is 53.4 Å². The number of carboxylic acids is 1. The average molecular weight is 570 g/mol. The molecule has 2 heterocycles. The first-order chi connectivity index (χ1) is 18.4. The lowest BCUT2D eigenvalue weighted by atomic mass is 9.96. The average Bonchev–Trinajstić information content (AvgIpc) is 3.14. The number of nitrogens with one attached hydrogen (secondary N) is 1. The van der Waals surface area contributed by atoms with Crippen molar-refractivity contribution in [1.82, 2.24) is 10.2 Å². The smallest absolute Gasteiger partial charge is 0.332 e. The van der Waals surface area contributed by atoms with Crippen LogP contribution in [0.5, 0.6) is 0 Å². The molecule has 2 fully saturated rings. The number of β-lactam (4-membered cyclic amide) rings is 1. The van der Waals surface area contributed by atoms with Gasteiger partial charge in [-0.15, -0.1) is 11.8 Å². The van der Waals surface area contributed by atoms with Crippen LogP contribution in [0.25, 0.3) is 0 Å². The fraction of sp³-hybridized carbons (Fsp3) is 0.833. The highest BCUT2D eigenvalue weighted by Gasteiger charge is 2.61. The van der Waals surface area contributed by atoms with Crippen molar-refractivity contribution in [3.8, 4) is 0 Å². The molecule has 0 spiro atoms. The molecule has 226 valence electrons. The van der Waals surface area contributed by atoms with Crippen LogP contribution >= 0.6 is 11.8 Å². The Bertz CT molecular complexity index is 779. The van der Waals surface area contributed by atoms with E-state index in [1.807, 2.05) is 0 Å². The number of nitrogens with zero attached hydrogens (tertiary/aromatic N) is 2. The molecule has 0 aliphatic carbocycles. The van der Waals surface area contributed by atoms with Crippen molar-refractivity contribution in [3.63, 3.8) is 0 Å². The van der Waals surface area contributed by atoms with Crippen LogP contribution in [0.3, 0.4) is 0 Å². The zero-order valence-corrected chi connectivity index (χ0v) is 26.7. The van der Waals surface area contributed by atoms with Gasteiger partial charge < -0.3 is 29.3 Å². The van der Waals surface area contributed by atoms with Gasteiger partial charge in [-0.25, -0.2) is 4.79 Å². The lowest BCUT2D eigenvalue weighted by Crippen LogP contribution is -2.70. The SMILES string of the molecule is CCCC[N+](CCCC)(CCCC)CCCC.CCOC(=O)C=C(C)N[C@@H]1C(=O)N2[C@@H]1SC(C)(C)[C@@H]2C(=O)[O-]. The number of carboxylic acid groups (broad SMARTS) is 1. The number of ether oxygens (including phenoxy) is 1. The van der Waals surface area contributed by atoms with E-state index in [0.29, 0.717) is 5.70 Å². The lowest BCUT2D eigenvalue weighted by Gasteiger charge is -2.45. The minimum atomic E-state index is -1.24. The Morgan fingerprint density at radius 1 is 0.974 bits per heavy atom. The van der Waals surface area contributed by atoms with Gasteiger partial charge >= 0.3 is 5.97 Å². The van der Waals surface area contributed by atoms with Gasteiger partial charge in [-0.3, -0.25) is 4.79 Å². The van der Waals surface area contributed by atoms with Gasteiger partial charge in [0.05, 0.1) is 44.8 Å². The second kappa shape index (κ2) is 17.2. The molecule has 0 unspecified atom stereocenters. The fourth-order valence-electron chi connectivity index (χ4n) is 5.42. The summed E-state index contributed by atoms with van der Waals surface area (Å²) in [4.78, 5) is 36.2. The van der Waals surface area contributed by atoms with Crippen molar-refractivity contribution in [1.29, 1.82) is 0 Å². The van der Waals surface area contributed by atoms with Crippen LogP contribution < -0.4 is 10.4 Å². The van der Waals surface area contributed by atoms with E-state index in [2.05, 4.69) is 33.0 Å². The van der Waals surface area contributed by atoms with Crippen LogP contribution in [0.15, 0.2) is 11.8 Å². The Hall–Kier alpha value is -1.74. The number of hydrogen-bond donors (Lipinski definition) is 1. The van der Waals surface area contributed by atoms with Crippen LogP contribution in [0.2, 0.25) is 0 Å². The number of esters is 1. The van der Waals surface area contributed by atoms with E-state index in [-0.39, 0.29) is 17.9 Å². The molecule has 0 bridgehead atoms. The van der Waals surface area contributed by atoms with Gasteiger partial charge in [0.15, 0.2) is 0 Å². The minimum absolute atomic E-state index is 0.276.